The third-order valence-corrected chi connectivity index (χ3v) is 4.65. The minimum absolute atomic E-state index is 0. The Labute approximate surface area is 173 Å². The van der Waals surface area contributed by atoms with Gasteiger partial charge >= 0.3 is 5.97 Å². The van der Waals surface area contributed by atoms with Crippen LogP contribution in [0.3, 0.4) is 0 Å². The van der Waals surface area contributed by atoms with Crippen molar-refractivity contribution in [2.45, 2.75) is 122 Å². The van der Waals surface area contributed by atoms with Gasteiger partial charge in [0.05, 0.1) is 0 Å². The minimum Gasteiger partial charge on any atom is -0.481 e. The molecule has 25 heavy (non-hydrogen) atoms. The number of rotatable bonds is 19. The van der Waals surface area contributed by atoms with Crippen LogP contribution in [0, 0.1) is 0 Å². The molecule has 0 amide bonds. The number of carboxylic acid groups (broad SMARTS) is 1. The molecule has 0 aromatic rings. The second-order valence-corrected chi connectivity index (χ2v) is 7.14. The summed E-state index contributed by atoms with van der Waals surface area (Å²) in [6.45, 7) is 2.27. The van der Waals surface area contributed by atoms with Crippen LogP contribution in [0.1, 0.15) is 122 Å². The molecule has 2 nitrogen and oxygen atoms in total. The molecule has 3 heteroatoms. The van der Waals surface area contributed by atoms with E-state index < -0.39 is 5.97 Å². The molecule has 1 N–H and O–H groups in total. The number of hydrogen-bond acceptors (Lipinski definition) is 1. The summed E-state index contributed by atoms with van der Waals surface area (Å²) in [4.78, 5) is 10.4. The first-order valence-electron chi connectivity index (χ1n) is 10.6. The van der Waals surface area contributed by atoms with Crippen LogP contribution in [0.2, 0.25) is 0 Å². The van der Waals surface area contributed by atoms with E-state index in [0.29, 0.717) is 6.42 Å². The van der Waals surface area contributed by atoms with E-state index in [9.17, 15) is 4.79 Å². The zero-order valence-corrected chi connectivity index (χ0v) is 18.4. The maximum atomic E-state index is 10.4. The average molecular weight is 363 g/mol. The smallest absolute Gasteiger partial charge is 0.303 e. The van der Waals surface area contributed by atoms with Gasteiger partial charge in [-0.2, -0.15) is 0 Å². The monoisotopic (exact) mass is 362 g/mol. The van der Waals surface area contributed by atoms with E-state index >= 15 is 0 Å². The third kappa shape index (κ3) is 26.3. The van der Waals surface area contributed by atoms with Gasteiger partial charge in [-0.25, -0.2) is 0 Å². The molecule has 2 radical (unpaired) electrons. The summed E-state index contributed by atoms with van der Waals surface area (Å²) in [5, 5.41) is 8.55. The first kappa shape index (κ1) is 27.2. The standard InChI is InChI=1S/C22H42O2.Mg/c1-2-3-4-5-6-7-8-9-10-11-12-13-14-15-16-17-18-19-20-21-22(23)24;/h9-10H,2-8,11-21H2,1H3,(H,23,24);/b10-9-;. The van der Waals surface area contributed by atoms with E-state index in [-0.39, 0.29) is 23.1 Å². The van der Waals surface area contributed by atoms with Gasteiger partial charge in [0.15, 0.2) is 0 Å². The fraction of sp³-hybridized carbons (Fsp3) is 0.864. The van der Waals surface area contributed by atoms with Gasteiger partial charge in [-0.1, -0.05) is 96.1 Å². The Balaban J connectivity index is 0. The molecule has 0 aromatic carbocycles. The van der Waals surface area contributed by atoms with Crippen molar-refractivity contribution in [2.75, 3.05) is 0 Å². The van der Waals surface area contributed by atoms with Crippen LogP contribution in [-0.4, -0.2) is 34.1 Å². The summed E-state index contributed by atoms with van der Waals surface area (Å²) >= 11 is 0. The molecule has 0 bridgehead atoms. The summed E-state index contributed by atoms with van der Waals surface area (Å²) in [6, 6.07) is 0. The lowest BCUT2D eigenvalue weighted by molar-refractivity contribution is -0.137. The van der Waals surface area contributed by atoms with Crippen molar-refractivity contribution >= 4 is 29.0 Å². The van der Waals surface area contributed by atoms with E-state index in [2.05, 4.69) is 19.1 Å². The molecular weight excluding hydrogens is 321 g/mol. The highest BCUT2D eigenvalue weighted by Crippen LogP contribution is 2.12. The fourth-order valence-corrected chi connectivity index (χ4v) is 3.05. The van der Waals surface area contributed by atoms with Crippen LogP contribution in [0.4, 0.5) is 0 Å². The van der Waals surface area contributed by atoms with Crippen LogP contribution >= 0.6 is 0 Å². The highest BCUT2D eigenvalue weighted by molar-refractivity contribution is 5.75. The molecule has 0 atom stereocenters. The highest BCUT2D eigenvalue weighted by Gasteiger charge is 1.96. The topological polar surface area (TPSA) is 37.3 Å². The largest absolute Gasteiger partial charge is 0.481 e. The Hall–Kier alpha value is -0.0238. The third-order valence-electron chi connectivity index (χ3n) is 4.65. The summed E-state index contributed by atoms with van der Waals surface area (Å²) in [5.74, 6) is -0.656. The van der Waals surface area contributed by atoms with Crippen molar-refractivity contribution in [3.63, 3.8) is 0 Å². The molecule has 0 spiro atoms. The van der Waals surface area contributed by atoms with E-state index in [1.807, 2.05) is 0 Å². The number of carbonyl (C=O) groups is 1. The Morgan fingerprint density at radius 2 is 1.00 bits per heavy atom. The minimum atomic E-state index is -0.656. The summed E-state index contributed by atoms with van der Waals surface area (Å²) in [5.41, 5.74) is 0. The molecule has 0 aliphatic rings. The number of unbranched alkanes of at least 4 members (excludes halogenated alkanes) is 15. The molecule has 0 fully saturated rings. The lowest BCUT2D eigenvalue weighted by atomic mass is 10.1. The van der Waals surface area contributed by atoms with Gasteiger partial charge in [0.25, 0.3) is 0 Å². The quantitative estimate of drug-likeness (QED) is 0.149. The fourth-order valence-electron chi connectivity index (χ4n) is 3.05. The normalized spacial score (nSPS) is 10.9. The zero-order chi connectivity index (χ0) is 17.7. The molecule has 0 aliphatic heterocycles. The van der Waals surface area contributed by atoms with Gasteiger partial charge in [-0.05, 0) is 32.1 Å². The van der Waals surface area contributed by atoms with Gasteiger partial charge in [0, 0.05) is 29.5 Å². The summed E-state index contributed by atoms with van der Waals surface area (Å²) in [7, 11) is 0. The molecule has 0 heterocycles. The highest BCUT2D eigenvalue weighted by atomic mass is 24.3. The van der Waals surface area contributed by atoms with E-state index in [0.717, 1.165) is 12.8 Å². The molecule has 0 aliphatic carbocycles. The first-order valence-corrected chi connectivity index (χ1v) is 10.6. The molecule has 0 rings (SSSR count). The van der Waals surface area contributed by atoms with Crippen molar-refractivity contribution in [1.29, 1.82) is 0 Å². The lowest BCUT2D eigenvalue weighted by Crippen LogP contribution is -1.93. The van der Waals surface area contributed by atoms with Gasteiger partial charge in [0.2, 0.25) is 0 Å². The predicted molar refractivity (Wildman–Crippen MR) is 111 cm³/mol. The maximum Gasteiger partial charge on any atom is 0.303 e. The Bertz CT molecular complexity index is 290. The van der Waals surface area contributed by atoms with Crippen LogP contribution in [0.25, 0.3) is 0 Å². The van der Waals surface area contributed by atoms with Gasteiger partial charge in [-0.15, -0.1) is 0 Å². The van der Waals surface area contributed by atoms with Gasteiger partial charge in [0.1, 0.15) is 0 Å². The number of carboxylic acids is 1. The van der Waals surface area contributed by atoms with Crippen molar-refractivity contribution in [1.82, 2.24) is 0 Å². The van der Waals surface area contributed by atoms with Crippen LogP contribution in [-0.2, 0) is 4.79 Å². The predicted octanol–water partition coefficient (Wildman–Crippen LogP) is 7.29. The summed E-state index contributed by atoms with van der Waals surface area (Å²) in [6.07, 6.45) is 27.1. The molecule has 0 aromatic heterocycles. The zero-order valence-electron chi connectivity index (χ0n) is 16.9. The SMILES string of the molecule is CCCCCCCC/C=C\CCCCCCCCCCCC(=O)O.[Mg]. The second kappa shape index (κ2) is 24.0. The second-order valence-electron chi connectivity index (χ2n) is 7.14. The van der Waals surface area contributed by atoms with Crippen molar-refractivity contribution in [3.8, 4) is 0 Å². The first-order chi connectivity index (χ1) is 11.8. The lowest BCUT2D eigenvalue weighted by Gasteiger charge is -2.01. The number of allylic oxidation sites excluding steroid dienone is 2. The van der Waals surface area contributed by atoms with E-state index in [1.165, 1.54) is 96.3 Å². The average Bonchev–Trinajstić information content (AvgIpc) is 2.56. The number of hydrogen-bond donors (Lipinski definition) is 1. The van der Waals surface area contributed by atoms with Crippen LogP contribution in [0.5, 0.6) is 0 Å². The molecule has 144 valence electrons. The molecular formula is C22H42MgO2. The Morgan fingerprint density at radius 1 is 0.640 bits per heavy atom. The van der Waals surface area contributed by atoms with Gasteiger partial charge in [-0.3, -0.25) is 4.79 Å². The van der Waals surface area contributed by atoms with Crippen molar-refractivity contribution < 1.29 is 9.90 Å². The molecule has 0 unspecified atom stereocenters. The maximum absolute atomic E-state index is 10.4. The molecule has 0 saturated carbocycles. The Kier molecular flexibility index (Phi) is 26.1. The summed E-state index contributed by atoms with van der Waals surface area (Å²) < 4.78 is 0. The van der Waals surface area contributed by atoms with Crippen LogP contribution in [0.15, 0.2) is 12.2 Å². The Morgan fingerprint density at radius 3 is 1.40 bits per heavy atom. The van der Waals surface area contributed by atoms with E-state index in [4.69, 9.17) is 5.11 Å². The van der Waals surface area contributed by atoms with Crippen molar-refractivity contribution in [2.24, 2.45) is 0 Å². The number of aliphatic carboxylic acids is 1. The van der Waals surface area contributed by atoms with Gasteiger partial charge < -0.3 is 5.11 Å². The van der Waals surface area contributed by atoms with Crippen LogP contribution < -0.4 is 0 Å². The van der Waals surface area contributed by atoms with E-state index in [1.54, 1.807) is 0 Å². The van der Waals surface area contributed by atoms with Crippen molar-refractivity contribution in [3.05, 3.63) is 12.2 Å². The molecule has 0 saturated heterocycles.